The molecule has 12 heteroatoms. The van der Waals surface area contributed by atoms with Crippen molar-refractivity contribution in [2.75, 3.05) is 33.6 Å². The normalized spacial score (nSPS) is 11.7. The van der Waals surface area contributed by atoms with Gasteiger partial charge >= 0.3 is 6.09 Å². The summed E-state index contributed by atoms with van der Waals surface area (Å²) in [5.74, 6) is 1.47. The number of benzene rings is 2. The summed E-state index contributed by atoms with van der Waals surface area (Å²) in [5.41, 5.74) is 2.40. The summed E-state index contributed by atoms with van der Waals surface area (Å²) in [6.45, 7) is 3.76. The fourth-order valence-corrected chi connectivity index (χ4v) is 3.57. The molecule has 2 aromatic carbocycles. The second kappa shape index (κ2) is 13.2. The van der Waals surface area contributed by atoms with Crippen molar-refractivity contribution in [3.05, 3.63) is 53.9 Å². The minimum Gasteiger partial charge on any atom is -0.490 e. The number of likely N-dealkylation sites (N-methyl/N-ethyl adjacent to an activating group) is 1. The van der Waals surface area contributed by atoms with Crippen molar-refractivity contribution in [1.82, 2.24) is 15.5 Å². The minimum atomic E-state index is -0.754. The van der Waals surface area contributed by atoms with Crippen LogP contribution in [0.1, 0.15) is 18.4 Å². The molecule has 194 valence electrons. The van der Waals surface area contributed by atoms with Crippen LogP contribution >= 0.6 is 11.8 Å². The largest absolute Gasteiger partial charge is 0.490 e. The van der Waals surface area contributed by atoms with Crippen molar-refractivity contribution in [2.24, 2.45) is 9.98 Å². The molecule has 0 radical (unpaired) electrons. The Balaban J connectivity index is 2.06. The van der Waals surface area contributed by atoms with Crippen LogP contribution in [0.15, 0.2) is 57.0 Å². The highest BCUT2D eigenvalue weighted by molar-refractivity contribution is 8.15. The third-order valence-electron chi connectivity index (χ3n) is 4.81. The summed E-state index contributed by atoms with van der Waals surface area (Å²) >= 11 is 1.24. The topological polar surface area (TPSA) is 138 Å². The van der Waals surface area contributed by atoms with Gasteiger partial charge < -0.3 is 24.1 Å². The van der Waals surface area contributed by atoms with E-state index >= 15 is 0 Å². The summed E-state index contributed by atoms with van der Waals surface area (Å²) in [6, 6.07) is 12.4. The van der Waals surface area contributed by atoms with E-state index in [1.54, 1.807) is 43.5 Å². The molecule has 0 aliphatic carbocycles. The second-order valence-corrected chi connectivity index (χ2v) is 8.09. The van der Waals surface area contributed by atoms with Gasteiger partial charge in [0.1, 0.15) is 10.8 Å². The smallest absolute Gasteiger partial charge is 0.434 e. The number of rotatable bonds is 9. The molecule has 1 aromatic heterocycles. The maximum Gasteiger partial charge on any atom is 0.434 e. The Morgan fingerprint density at radius 1 is 1.11 bits per heavy atom. The van der Waals surface area contributed by atoms with Crippen molar-refractivity contribution in [3.8, 4) is 22.9 Å². The fraction of sp³-hybridized carbons (Fsp3) is 0.280. The molecule has 0 aliphatic heterocycles. The average molecular weight is 526 g/mol. The van der Waals surface area contributed by atoms with Crippen molar-refractivity contribution >= 4 is 40.2 Å². The molecule has 3 aromatic rings. The first-order chi connectivity index (χ1) is 17.9. The quantitative estimate of drug-likeness (QED) is 0.321. The van der Waals surface area contributed by atoms with E-state index in [1.807, 2.05) is 19.1 Å². The van der Waals surface area contributed by atoms with E-state index in [2.05, 4.69) is 20.4 Å². The van der Waals surface area contributed by atoms with Gasteiger partial charge in [0, 0.05) is 25.1 Å². The molecule has 3 rings (SSSR count). The van der Waals surface area contributed by atoms with Gasteiger partial charge in [0.2, 0.25) is 11.7 Å². The number of nitrogens with one attached hydrogen (secondary N) is 1. The average Bonchev–Trinajstić information content (AvgIpc) is 3.36. The Kier molecular flexibility index (Phi) is 9.78. The maximum atomic E-state index is 12.0. The fourth-order valence-electron chi connectivity index (χ4n) is 3.05. The van der Waals surface area contributed by atoms with Gasteiger partial charge in [-0.05, 0) is 55.6 Å². The zero-order chi connectivity index (χ0) is 26.8. The highest BCUT2D eigenvalue weighted by Gasteiger charge is 2.18. The minimum absolute atomic E-state index is 0.164. The summed E-state index contributed by atoms with van der Waals surface area (Å²) < 4.78 is 21.1. The van der Waals surface area contributed by atoms with Crippen LogP contribution in [0.2, 0.25) is 0 Å². The zero-order valence-corrected chi connectivity index (χ0v) is 21.9. The molecule has 1 heterocycles. The predicted molar refractivity (Wildman–Crippen MR) is 141 cm³/mol. The van der Waals surface area contributed by atoms with Crippen molar-refractivity contribution in [2.45, 2.75) is 13.8 Å². The van der Waals surface area contributed by atoms with Crippen LogP contribution in [0.3, 0.4) is 0 Å². The molecule has 11 nitrogen and oxygen atoms in total. The molecule has 0 fully saturated rings. The van der Waals surface area contributed by atoms with E-state index in [0.717, 1.165) is 5.56 Å². The molecule has 0 atom stereocenters. The predicted octanol–water partition coefficient (Wildman–Crippen LogP) is 4.22. The summed E-state index contributed by atoms with van der Waals surface area (Å²) in [5, 5.41) is 6.77. The van der Waals surface area contributed by atoms with E-state index in [4.69, 9.17) is 23.7 Å². The van der Waals surface area contributed by atoms with Gasteiger partial charge in [-0.1, -0.05) is 5.16 Å². The first kappa shape index (κ1) is 27.4. The van der Waals surface area contributed by atoms with E-state index in [1.165, 1.54) is 25.9 Å². The van der Waals surface area contributed by atoms with Gasteiger partial charge in [-0.15, -0.1) is 11.8 Å². The van der Waals surface area contributed by atoms with Gasteiger partial charge in [0.25, 0.3) is 5.91 Å². The third kappa shape index (κ3) is 7.40. The van der Waals surface area contributed by atoms with E-state index < -0.39 is 6.09 Å². The molecule has 0 saturated heterocycles. The highest BCUT2D eigenvalue weighted by atomic mass is 32.2. The van der Waals surface area contributed by atoms with Gasteiger partial charge in [0.15, 0.2) is 18.1 Å². The number of amides is 2. The van der Waals surface area contributed by atoms with Crippen LogP contribution in [0.4, 0.5) is 10.5 Å². The van der Waals surface area contributed by atoms with Gasteiger partial charge in [-0.2, -0.15) is 9.98 Å². The van der Waals surface area contributed by atoms with Gasteiger partial charge in [-0.25, -0.2) is 9.79 Å². The van der Waals surface area contributed by atoms with Crippen LogP contribution in [0, 0.1) is 6.92 Å². The van der Waals surface area contributed by atoms with Crippen LogP contribution in [-0.2, 0) is 9.53 Å². The van der Waals surface area contributed by atoms with Gasteiger partial charge in [0.05, 0.1) is 19.4 Å². The number of aromatic nitrogens is 2. The number of carbonyl (C=O) groups excluding carboxylic acids is 2. The van der Waals surface area contributed by atoms with E-state index in [9.17, 15) is 9.59 Å². The van der Waals surface area contributed by atoms with Crippen LogP contribution < -0.4 is 14.8 Å². The van der Waals surface area contributed by atoms with Crippen LogP contribution in [0.25, 0.3) is 11.4 Å². The number of ether oxygens (including phenoxy) is 3. The molecule has 1 N–H and O–H groups in total. The standard InChI is InChI=1S/C25H27N5O6S/c1-6-34-20-13-17(9-12-19(20)35-14-21(31)26-3)22(24(37-5)29-25(32)33-4)28-18-10-7-16(8-11-18)23-27-15(2)36-30-23/h7-13H,6,14H2,1-5H3,(H,26,31)/b28-22-,29-24-. The van der Waals surface area contributed by atoms with Crippen LogP contribution in [0.5, 0.6) is 11.5 Å². The van der Waals surface area contributed by atoms with Crippen LogP contribution in [-0.4, -0.2) is 66.5 Å². The monoisotopic (exact) mass is 525 g/mol. The number of carbonyl (C=O) groups is 2. The third-order valence-corrected chi connectivity index (χ3v) is 5.48. The molecule has 2 amide bonds. The molecule has 0 saturated carbocycles. The Hall–Kier alpha value is -4.19. The molecular weight excluding hydrogens is 498 g/mol. The molecule has 0 spiro atoms. The number of hydrogen-bond acceptors (Lipinski definition) is 10. The molecule has 37 heavy (non-hydrogen) atoms. The molecule has 0 unspecified atom stereocenters. The Labute approximate surface area is 218 Å². The Morgan fingerprint density at radius 3 is 2.46 bits per heavy atom. The van der Waals surface area contributed by atoms with E-state index in [-0.39, 0.29) is 12.5 Å². The maximum absolute atomic E-state index is 12.0. The van der Waals surface area contributed by atoms with Crippen molar-refractivity contribution in [1.29, 1.82) is 0 Å². The summed E-state index contributed by atoms with van der Waals surface area (Å²) in [6.07, 6.45) is 1.03. The highest BCUT2D eigenvalue weighted by Crippen LogP contribution is 2.30. The van der Waals surface area contributed by atoms with E-state index in [0.29, 0.717) is 51.8 Å². The number of aliphatic imine (C=N–C) groups is 2. The number of nitrogens with zero attached hydrogens (tertiary/aromatic N) is 4. The lowest BCUT2D eigenvalue weighted by Gasteiger charge is -2.14. The molecule has 0 aliphatic rings. The Bertz CT molecular complexity index is 1300. The lowest BCUT2D eigenvalue weighted by atomic mass is 10.1. The Morgan fingerprint density at radius 2 is 1.86 bits per heavy atom. The first-order valence-electron chi connectivity index (χ1n) is 11.2. The first-order valence-corrected chi connectivity index (χ1v) is 12.4. The van der Waals surface area contributed by atoms with Crippen molar-refractivity contribution in [3.63, 3.8) is 0 Å². The summed E-state index contributed by atoms with van der Waals surface area (Å²) in [7, 11) is 2.78. The zero-order valence-electron chi connectivity index (χ0n) is 21.1. The number of methoxy groups -OCH3 is 1. The number of thioether (sulfide) groups is 1. The lowest BCUT2D eigenvalue weighted by Crippen LogP contribution is -2.25. The lowest BCUT2D eigenvalue weighted by molar-refractivity contribution is -0.122. The number of aryl methyl sites for hydroxylation is 1. The molecule has 0 bridgehead atoms. The number of hydrogen-bond donors (Lipinski definition) is 1. The van der Waals surface area contributed by atoms with Gasteiger partial charge in [-0.3, -0.25) is 4.79 Å². The molecular formula is C25H27N5O6S. The van der Waals surface area contributed by atoms with Crippen molar-refractivity contribution < 1.29 is 28.3 Å². The second-order valence-electron chi connectivity index (χ2n) is 7.29. The SMILES string of the molecule is CCOc1cc(C(=N/c2ccc(-c3noc(C)n3)cc2)/C(=N/C(=O)OC)SC)ccc1OCC(=O)NC. The summed E-state index contributed by atoms with van der Waals surface area (Å²) in [4.78, 5) is 36.7.